The Morgan fingerprint density at radius 1 is 1.11 bits per heavy atom. The van der Waals surface area contributed by atoms with E-state index in [9.17, 15) is 4.79 Å². The Balaban J connectivity index is 1.68. The molecular formula is C20H17N5OS2. The van der Waals surface area contributed by atoms with E-state index in [0.29, 0.717) is 21.2 Å². The van der Waals surface area contributed by atoms with Crippen molar-refractivity contribution in [1.82, 2.24) is 25.1 Å². The highest BCUT2D eigenvalue weighted by atomic mass is 32.1. The second kappa shape index (κ2) is 7.87. The predicted octanol–water partition coefficient (Wildman–Crippen LogP) is 4.20. The van der Waals surface area contributed by atoms with Gasteiger partial charge in [0.1, 0.15) is 9.88 Å². The van der Waals surface area contributed by atoms with Gasteiger partial charge >= 0.3 is 0 Å². The van der Waals surface area contributed by atoms with Gasteiger partial charge in [-0.25, -0.2) is 4.98 Å². The summed E-state index contributed by atoms with van der Waals surface area (Å²) in [4.78, 5) is 18.3. The number of nitrogens with zero attached hydrogens (tertiary/aromatic N) is 3. The lowest BCUT2D eigenvalue weighted by Gasteiger charge is -2.05. The van der Waals surface area contributed by atoms with E-state index >= 15 is 0 Å². The van der Waals surface area contributed by atoms with Crippen molar-refractivity contribution in [3.8, 4) is 21.8 Å². The highest BCUT2D eigenvalue weighted by molar-refractivity contribution is 7.71. The van der Waals surface area contributed by atoms with Crippen LogP contribution in [0.2, 0.25) is 0 Å². The van der Waals surface area contributed by atoms with Gasteiger partial charge in [0.25, 0.3) is 5.91 Å². The molecule has 0 saturated carbocycles. The molecule has 0 fully saturated rings. The number of carbonyl (C=O) groups excluding carboxylic acids is 1. The van der Waals surface area contributed by atoms with Crippen molar-refractivity contribution in [3.63, 3.8) is 0 Å². The van der Waals surface area contributed by atoms with Crippen molar-refractivity contribution in [2.45, 2.75) is 6.54 Å². The van der Waals surface area contributed by atoms with E-state index < -0.39 is 0 Å². The molecule has 0 saturated heterocycles. The molecular weight excluding hydrogens is 390 g/mol. The summed E-state index contributed by atoms with van der Waals surface area (Å²) in [5, 5.41) is 10.6. The van der Waals surface area contributed by atoms with Gasteiger partial charge in [-0.1, -0.05) is 60.7 Å². The van der Waals surface area contributed by atoms with Gasteiger partial charge in [0.15, 0.2) is 10.6 Å². The normalized spacial score (nSPS) is 10.8. The number of aromatic amines is 1. The van der Waals surface area contributed by atoms with Crippen LogP contribution in [-0.4, -0.2) is 25.7 Å². The van der Waals surface area contributed by atoms with Crippen LogP contribution in [0.1, 0.15) is 15.5 Å². The van der Waals surface area contributed by atoms with E-state index in [1.54, 1.807) is 4.57 Å². The van der Waals surface area contributed by atoms with Crippen LogP contribution in [0.3, 0.4) is 0 Å². The van der Waals surface area contributed by atoms with Crippen LogP contribution in [0.15, 0.2) is 60.7 Å². The number of hydrogen-bond donors (Lipinski definition) is 2. The smallest absolute Gasteiger partial charge is 0.264 e. The van der Waals surface area contributed by atoms with E-state index in [4.69, 9.17) is 17.2 Å². The molecule has 8 heteroatoms. The van der Waals surface area contributed by atoms with Crippen molar-refractivity contribution in [3.05, 3.63) is 76.1 Å². The largest absolute Gasteiger partial charge is 0.344 e. The second-order valence-corrected chi connectivity index (χ2v) is 7.50. The summed E-state index contributed by atoms with van der Waals surface area (Å²) >= 11 is 6.50. The van der Waals surface area contributed by atoms with E-state index in [-0.39, 0.29) is 12.5 Å². The molecule has 0 aliphatic carbocycles. The van der Waals surface area contributed by atoms with Gasteiger partial charge in [-0.15, -0.1) is 11.3 Å². The number of carbonyl (C=O) groups is 1. The monoisotopic (exact) mass is 407 g/mol. The maximum atomic E-state index is 13.0. The molecule has 140 valence electrons. The van der Waals surface area contributed by atoms with E-state index in [2.05, 4.69) is 15.5 Å². The predicted molar refractivity (Wildman–Crippen MR) is 113 cm³/mol. The van der Waals surface area contributed by atoms with Gasteiger partial charge in [0, 0.05) is 18.2 Å². The van der Waals surface area contributed by atoms with Gasteiger partial charge in [-0.2, -0.15) is 5.10 Å². The number of benzene rings is 2. The lowest BCUT2D eigenvalue weighted by molar-refractivity contribution is 0.0954. The SMILES string of the molecule is Cn1c(CNC(=O)c2sc(-c3ccccc3)nc2-c2ccccc2)n[nH]c1=S. The first kappa shape index (κ1) is 18.3. The minimum atomic E-state index is -0.188. The topological polar surface area (TPSA) is 75.6 Å². The summed E-state index contributed by atoms with van der Waals surface area (Å²) in [5.41, 5.74) is 2.57. The Kier molecular flexibility index (Phi) is 5.14. The van der Waals surface area contributed by atoms with Crippen LogP contribution in [0.4, 0.5) is 0 Å². The molecule has 0 unspecified atom stereocenters. The first-order valence-corrected chi connectivity index (χ1v) is 9.86. The van der Waals surface area contributed by atoms with Crippen LogP contribution in [0, 0.1) is 4.77 Å². The maximum absolute atomic E-state index is 13.0. The minimum absolute atomic E-state index is 0.188. The fourth-order valence-corrected chi connectivity index (χ4v) is 3.91. The fourth-order valence-electron chi connectivity index (χ4n) is 2.75. The zero-order chi connectivity index (χ0) is 19.5. The Hall–Kier alpha value is -3.10. The van der Waals surface area contributed by atoms with Crippen molar-refractivity contribution in [2.24, 2.45) is 7.05 Å². The third-order valence-electron chi connectivity index (χ3n) is 4.28. The summed E-state index contributed by atoms with van der Waals surface area (Å²) in [6.45, 7) is 0.273. The quantitative estimate of drug-likeness (QED) is 0.486. The molecule has 2 aromatic carbocycles. The zero-order valence-electron chi connectivity index (χ0n) is 15.0. The number of thiazole rings is 1. The van der Waals surface area contributed by atoms with Gasteiger partial charge < -0.3 is 9.88 Å². The number of hydrogen-bond acceptors (Lipinski definition) is 5. The van der Waals surface area contributed by atoms with Gasteiger partial charge in [-0.3, -0.25) is 9.89 Å². The summed E-state index contributed by atoms with van der Waals surface area (Å²) in [7, 11) is 1.81. The second-order valence-electron chi connectivity index (χ2n) is 6.12. The molecule has 0 atom stereocenters. The first-order valence-electron chi connectivity index (χ1n) is 8.63. The van der Waals surface area contributed by atoms with Crippen molar-refractivity contribution in [1.29, 1.82) is 0 Å². The molecule has 1 amide bonds. The molecule has 6 nitrogen and oxygen atoms in total. The summed E-state index contributed by atoms with van der Waals surface area (Å²) < 4.78 is 2.24. The summed E-state index contributed by atoms with van der Waals surface area (Å²) in [5.74, 6) is 0.472. The number of H-pyrrole nitrogens is 1. The lowest BCUT2D eigenvalue weighted by atomic mass is 10.1. The molecule has 4 rings (SSSR count). The van der Waals surface area contributed by atoms with E-state index in [1.807, 2.05) is 67.7 Å². The van der Waals surface area contributed by atoms with Crippen molar-refractivity contribution in [2.75, 3.05) is 0 Å². The number of amides is 1. The maximum Gasteiger partial charge on any atom is 0.264 e. The van der Waals surface area contributed by atoms with E-state index in [0.717, 1.165) is 16.1 Å². The van der Waals surface area contributed by atoms with Crippen LogP contribution in [0.5, 0.6) is 0 Å². The first-order chi connectivity index (χ1) is 13.6. The number of aromatic nitrogens is 4. The average Bonchev–Trinajstić information content (AvgIpc) is 3.32. The Labute approximate surface area is 170 Å². The third-order valence-corrected chi connectivity index (χ3v) is 5.75. The highest BCUT2D eigenvalue weighted by Gasteiger charge is 2.20. The Bertz CT molecular complexity index is 1160. The number of nitrogens with one attached hydrogen (secondary N) is 2. The Morgan fingerprint density at radius 3 is 2.36 bits per heavy atom. The summed E-state index contributed by atoms with van der Waals surface area (Å²) in [6, 6.07) is 19.6. The molecule has 0 bridgehead atoms. The summed E-state index contributed by atoms with van der Waals surface area (Å²) in [6.07, 6.45) is 0. The van der Waals surface area contributed by atoms with E-state index in [1.165, 1.54) is 11.3 Å². The molecule has 0 aliphatic rings. The van der Waals surface area contributed by atoms with Crippen LogP contribution < -0.4 is 5.32 Å². The van der Waals surface area contributed by atoms with Crippen LogP contribution in [0.25, 0.3) is 21.8 Å². The third kappa shape index (κ3) is 3.64. The van der Waals surface area contributed by atoms with Crippen LogP contribution in [-0.2, 0) is 13.6 Å². The van der Waals surface area contributed by atoms with Gasteiger partial charge in [0.2, 0.25) is 0 Å². The minimum Gasteiger partial charge on any atom is -0.344 e. The number of rotatable bonds is 5. The molecule has 0 spiro atoms. The highest BCUT2D eigenvalue weighted by Crippen LogP contribution is 2.33. The standard InChI is InChI=1S/C20H17N5OS2/c1-25-15(23-24-20(25)27)12-21-18(26)17-16(13-8-4-2-5-9-13)22-19(28-17)14-10-6-3-7-11-14/h2-11H,12H2,1H3,(H,21,26)(H,24,27). The molecule has 2 heterocycles. The van der Waals surface area contributed by atoms with Crippen LogP contribution >= 0.6 is 23.6 Å². The average molecular weight is 408 g/mol. The molecule has 4 aromatic rings. The molecule has 28 heavy (non-hydrogen) atoms. The van der Waals surface area contributed by atoms with Gasteiger partial charge in [-0.05, 0) is 12.2 Å². The van der Waals surface area contributed by atoms with Crippen molar-refractivity contribution >= 4 is 29.5 Å². The Morgan fingerprint density at radius 2 is 1.75 bits per heavy atom. The lowest BCUT2D eigenvalue weighted by Crippen LogP contribution is -2.24. The van der Waals surface area contributed by atoms with Crippen molar-refractivity contribution < 1.29 is 4.79 Å². The molecule has 0 radical (unpaired) electrons. The van der Waals surface area contributed by atoms with Gasteiger partial charge in [0.05, 0.1) is 12.2 Å². The molecule has 2 N–H and O–H groups in total. The molecule has 0 aliphatic heterocycles. The fraction of sp³-hybridized carbons (Fsp3) is 0.100. The zero-order valence-corrected chi connectivity index (χ0v) is 16.7. The molecule has 2 aromatic heterocycles.